The molecule has 0 aliphatic carbocycles. The van der Waals surface area contributed by atoms with Gasteiger partial charge in [-0.2, -0.15) is 0 Å². The predicted octanol–water partition coefficient (Wildman–Crippen LogP) is 4.80. The molecule has 1 aliphatic rings. The molecule has 0 saturated carbocycles. The van der Waals surface area contributed by atoms with Gasteiger partial charge in [-0.3, -0.25) is 14.4 Å². The number of halogens is 1. The number of nitrogens with two attached hydrogens (primary N) is 1. The first-order valence-corrected chi connectivity index (χ1v) is 15.2. The third-order valence-corrected chi connectivity index (χ3v) is 8.36. The van der Waals surface area contributed by atoms with E-state index in [4.69, 9.17) is 19.9 Å². The van der Waals surface area contributed by atoms with Crippen LogP contribution in [0.25, 0.3) is 10.9 Å². The number of aromatic amines is 1. The van der Waals surface area contributed by atoms with Gasteiger partial charge in [-0.15, -0.1) is 0 Å². The largest absolute Gasteiger partial charge is 0.496 e. The number of amides is 2. The molecule has 3 aromatic rings. The highest BCUT2D eigenvalue weighted by Crippen LogP contribution is 2.34. The summed E-state index contributed by atoms with van der Waals surface area (Å²) in [5.74, 6) is -0.190. The van der Waals surface area contributed by atoms with E-state index in [-0.39, 0.29) is 30.2 Å². The standard InChI is InChI=1S/C32H41BrN4O6/c1-31(2,12-14-34)42-19-13-32(3,4)43-22-8-6-21(7-9-22)29(39)36-15-17-37(18-16-36)30(40)28(38)23-20-35-27-24(33)10-11-25(41-5)26(23)27/h6-11,20,35H,12-19,34H2,1-5H3. The molecule has 1 saturated heterocycles. The van der Waals surface area contributed by atoms with Gasteiger partial charge in [0.05, 0.1) is 35.8 Å². The van der Waals surface area contributed by atoms with Gasteiger partial charge in [0.15, 0.2) is 0 Å². The first kappa shape index (κ1) is 32.5. The van der Waals surface area contributed by atoms with Crippen molar-refractivity contribution in [3.8, 4) is 11.5 Å². The van der Waals surface area contributed by atoms with Crippen LogP contribution in [0.1, 0.15) is 61.3 Å². The number of nitrogens with zero attached hydrogens (tertiary/aromatic N) is 2. The summed E-state index contributed by atoms with van der Waals surface area (Å²) in [7, 11) is 1.52. The van der Waals surface area contributed by atoms with Crippen molar-refractivity contribution in [1.82, 2.24) is 14.8 Å². The Bertz CT molecular complexity index is 1460. The zero-order valence-electron chi connectivity index (χ0n) is 25.5. The average Bonchev–Trinajstić information content (AvgIpc) is 3.42. The maximum absolute atomic E-state index is 13.2. The molecule has 11 heteroatoms. The highest BCUT2D eigenvalue weighted by atomic mass is 79.9. The summed E-state index contributed by atoms with van der Waals surface area (Å²) < 4.78 is 18.4. The molecule has 2 heterocycles. The van der Waals surface area contributed by atoms with Gasteiger partial charge < -0.3 is 34.7 Å². The molecule has 10 nitrogen and oxygen atoms in total. The van der Waals surface area contributed by atoms with Crippen molar-refractivity contribution in [2.24, 2.45) is 5.73 Å². The first-order valence-electron chi connectivity index (χ1n) is 14.5. The second-order valence-corrected chi connectivity index (χ2v) is 12.8. The summed E-state index contributed by atoms with van der Waals surface area (Å²) in [4.78, 5) is 45.8. The Balaban J connectivity index is 1.31. The summed E-state index contributed by atoms with van der Waals surface area (Å²) in [5.41, 5.74) is 6.40. The number of aromatic nitrogens is 1. The molecule has 1 aliphatic heterocycles. The number of H-pyrrole nitrogens is 1. The Morgan fingerprint density at radius 3 is 2.21 bits per heavy atom. The van der Waals surface area contributed by atoms with Crippen LogP contribution >= 0.6 is 15.9 Å². The molecule has 0 spiro atoms. The maximum atomic E-state index is 13.2. The normalized spacial score (nSPS) is 14.2. The molecule has 2 amide bonds. The molecule has 2 aromatic carbocycles. The quantitative estimate of drug-likeness (QED) is 0.212. The van der Waals surface area contributed by atoms with Crippen LogP contribution in [-0.4, -0.2) is 90.0 Å². The van der Waals surface area contributed by atoms with Gasteiger partial charge >= 0.3 is 0 Å². The lowest BCUT2D eigenvalue weighted by Crippen LogP contribution is -2.52. The first-order chi connectivity index (χ1) is 20.4. The summed E-state index contributed by atoms with van der Waals surface area (Å²) in [6.07, 6.45) is 3.01. The summed E-state index contributed by atoms with van der Waals surface area (Å²) in [5, 5.41) is 0.555. The molecule has 232 valence electrons. The molecule has 0 atom stereocenters. The number of nitrogens with one attached hydrogen (secondary N) is 1. The number of ketones is 1. The zero-order valence-corrected chi connectivity index (χ0v) is 27.1. The van der Waals surface area contributed by atoms with Crippen LogP contribution in [0.15, 0.2) is 47.1 Å². The van der Waals surface area contributed by atoms with Crippen LogP contribution in [0.2, 0.25) is 0 Å². The Morgan fingerprint density at radius 1 is 0.930 bits per heavy atom. The van der Waals surface area contributed by atoms with Gasteiger partial charge in [0, 0.05) is 48.8 Å². The lowest BCUT2D eigenvalue weighted by molar-refractivity contribution is -0.127. The number of hydrogen-bond acceptors (Lipinski definition) is 7. The highest BCUT2D eigenvalue weighted by molar-refractivity contribution is 9.10. The van der Waals surface area contributed by atoms with Crippen molar-refractivity contribution in [1.29, 1.82) is 0 Å². The lowest BCUT2D eigenvalue weighted by atomic mass is 10.0. The smallest absolute Gasteiger partial charge is 0.295 e. The SMILES string of the molecule is COc1ccc(Br)c2[nH]cc(C(=O)C(=O)N3CCN(C(=O)c4ccc(OC(C)(C)CCOC(C)(C)CCN)cc4)CC3)c12. The van der Waals surface area contributed by atoms with E-state index < -0.39 is 17.3 Å². The van der Waals surface area contributed by atoms with E-state index in [1.165, 1.54) is 18.2 Å². The summed E-state index contributed by atoms with van der Waals surface area (Å²) in [6, 6.07) is 10.6. The van der Waals surface area contributed by atoms with E-state index in [1.807, 2.05) is 33.8 Å². The highest BCUT2D eigenvalue weighted by Gasteiger charge is 2.31. The van der Waals surface area contributed by atoms with E-state index in [9.17, 15) is 14.4 Å². The van der Waals surface area contributed by atoms with Gasteiger partial charge in [-0.25, -0.2) is 0 Å². The third-order valence-electron chi connectivity index (χ3n) is 7.70. The van der Waals surface area contributed by atoms with Crippen LogP contribution in [0.4, 0.5) is 0 Å². The third kappa shape index (κ3) is 7.76. The van der Waals surface area contributed by atoms with Crippen molar-refractivity contribution in [3.05, 3.63) is 58.2 Å². The fourth-order valence-corrected chi connectivity index (χ4v) is 5.56. The van der Waals surface area contributed by atoms with Crippen molar-refractivity contribution in [2.45, 2.75) is 51.7 Å². The molecule has 0 unspecified atom stereocenters. The van der Waals surface area contributed by atoms with Gasteiger partial charge in [0.2, 0.25) is 0 Å². The molecule has 4 rings (SSSR count). The fraction of sp³-hybridized carbons (Fsp3) is 0.469. The Hall–Kier alpha value is -3.41. The molecule has 0 bridgehead atoms. The number of fused-ring (bicyclic) bond motifs is 1. The van der Waals surface area contributed by atoms with Crippen LogP contribution < -0.4 is 15.2 Å². The van der Waals surface area contributed by atoms with Crippen LogP contribution in [0.5, 0.6) is 11.5 Å². The van der Waals surface area contributed by atoms with E-state index in [2.05, 4.69) is 20.9 Å². The van der Waals surface area contributed by atoms with Crippen LogP contribution in [0.3, 0.4) is 0 Å². The van der Waals surface area contributed by atoms with Gasteiger partial charge in [0.1, 0.15) is 17.1 Å². The van der Waals surface area contributed by atoms with E-state index in [1.54, 1.807) is 35.2 Å². The zero-order chi connectivity index (χ0) is 31.4. The number of piperazine rings is 1. The minimum atomic E-state index is -0.619. The molecular weight excluding hydrogens is 616 g/mol. The van der Waals surface area contributed by atoms with Crippen LogP contribution in [-0.2, 0) is 9.53 Å². The molecule has 3 N–H and O–H groups in total. The van der Waals surface area contributed by atoms with E-state index >= 15 is 0 Å². The minimum Gasteiger partial charge on any atom is -0.496 e. The Kier molecular flexibility index (Phi) is 10.2. The molecular formula is C32H41BrN4O6. The monoisotopic (exact) mass is 656 g/mol. The van der Waals surface area contributed by atoms with Crippen LogP contribution in [0, 0.1) is 0 Å². The van der Waals surface area contributed by atoms with Crippen molar-refractivity contribution < 1.29 is 28.6 Å². The second-order valence-electron chi connectivity index (χ2n) is 11.9. The van der Waals surface area contributed by atoms with Crippen molar-refractivity contribution in [2.75, 3.05) is 46.4 Å². The Morgan fingerprint density at radius 2 is 1.58 bits per heavy atom. The molecule has 0 radical (unpaired) electrons. The minimum absolute atomic E-state index is 0.133. The number of hydrogen-bond donors (Lipinski definition) is 2. The number of ether oxygens (including phenoxy) is 3. The fourth-order valence-electron chi connectivity index (χ4n) is 5.11. The Labute approximate surface area is 260 Å². The van der Waals surface area contributed by atoms with Gasteiger partial charge in [0.25, 0.3) is 17.6 Å². The number of rotatable bonds is 12. The summed E-state index contributed by atoms with van der Waals surface area (Å²) >= 11 is 3.47. The molecule has 1 aromatic heterocycles. The number of benzene rings is 2. The summed E-state index contributed by atoms with van der Waals surface area (Å²) in [6.45, 7) is 10.4. The number of methoxy groups -OCH3 is 1. The van der Waals surface area contributed by atoms with Gasteiger partial charge in [-0.05, 0) is 93.0 Å². The van der Waals surface area contributed by atoms with Crippen molar-refractivity contribution in [3.63, 3.8) is 0 Å². The molecule has 1 fully saturated rings. The topological polar surface area (TPSA) is 127 Å². The van der Waals surface area contributed by atoms with Gasteiger partial charge in [-0.1, -0.05) is 0 Å². The second kappa shape index (κ2) is 13.5. The maximum Gasteiger partial charge on any atom is 0.295 e. The predicted molar refractivity (Wildman–Crippen MR) is 169 cm³/mol. The van der Waals surface area contributed by atoms with Crippen molar-refractivity contribution >= 4 is 44.4 Å². The number of carbonyl (C=O) groups is 3. The number of carbonyl (C=O) groups excluding carboxylic acids is 3. The lowest BCUT2D eigenvalue weighted by Gasteiger charge is -2.34. The van der Waals surface area contributed by atoms with E-state index in [0.717, 1.165) is 10.9 Å². The number of Topliss-reactive ketones (excluding diaryl/α,β-unsaturated/α-hetero) is 1. The van der Waals surface area contributed by atoms with E-state index in [0.29, 0.717) is 60.6 Å². The molecule has 43 heavy (non-hydrogen) atoms. The average molecular weight is 658 g/mol.